The molecule has 0 amide bonds. The summed E-state index contributed by atoms with van der Waals surface area (Å²) in [6.45, 7) is 12.0. The Morgan fingerprint density at radius 3 is 2.47 bits per heavy atom. The first kappa shape index (κ1) is 16.6. The topological polar surface area (TPSA) is 18.5 Å². The molecule has 1 atom stereocenters. The van der Waals surface area contributed by atoms with Gasteiger partial charge in [-0.2, -0.15) is 0 Å². The molecule has 0 bridgehead atoms. The minimum absolute atomic E-state index is 0. The molecule has 1 N–H and O–H groups in total. The van der Waals surface area contributed by atoms with Gasteiger partial charge in [0.25, 0.3) is 0 Å². The summed E-state index contributed by atoms with van der Waals surface area (Å²) < 4.78 is 0. The first-order valence-electron chi connectivity index (χ1n) is 6.77. The van der Waals surface area contributed by atoms with Crippen molar-refractivity contribution in [2.75, 3.05) is 39.3 Å². The van der Waals surface area contributed by atoms with Gasteiger partial charge in [-0.15, -0.1) is 13.0 Å². The van der Waals surface area contributed by atoms with Crippen LogP contribution in [-0.4, -0.2) is 55.2 Å². The van der Waals surface area contributed by atoms with Crippen LogP contribution in [0.1, 0.15) is 26.7 Å². The second kappa shape index (κ2) is 8.64. The summed E-state index contributed by atoms with van der Waals surface area (Å²) in [6, 6.07) is 0. The fraction of sp³-hybridized carbons (Fsp3) is 0.923. The van der Waals surface area contributed by atoms with E-state index in [1.807, 2.05) is 0 Å². The Kier molecular flexibility index (Phi) is 8.42. The van der Waals surface area contributed by atoms with E-state index in [9.17, 15) is 0 Å². The van der Waals surface area contributed by atoms with Gasteiger partial charge in [-0.3, -0.25) is 4.90 Å². The molecule has 3 nitrogen and oxygen atoms in total. The maximum Gasteiger partial charge on any atom is 1.00 e. The molecule has 1 unspecified atom stereocenters. The first-order valence-corrected chi connectivity index (χ1v) is 6.77. The molecule has 2 aliphatic rings. The molecule has 0 aromatic rings. The standard InChI is InChI=1S/C13H26N3.K/c1-12(2)5-7-15-8-10-16(11-9-15)13-4-3-6-14-13;/h3,12-14H,4-11H2,1-2H3;/q-1;+1. The van der Waals surface area contributed by atoms with Crippen LogP contribution in [0.3, 0.4) is 0 Å². The Morgan fingerprint density at radius 1 is 1.24 bits per heavy atom. The van der Waals surface area contributed by atoms with Crippen LogP contribution < -0.4 is 56.7 Å². The van der Waals surface area contributed by atoms with Gasteiger partial charge in [0.2, 0.25) is 0 Å². The smallest absolute Gasteiger partial charge is 0.334 e. The van der Waals surface area contributed by atoms with Crippen molar-refractivity contribution in [3.05, 3.63) is 6.42 Å². The van der Waals surface area contributed by atoms with Crippen molar-refractivity contribution >= 4 is 0 Å². The number of nitrogens with one attached hydrogen (secondary N) is 1. The molecule has 2 saturated heterocycles. The third-order valence-corrected chi connectivity index (χ3v) is 3.76. The van der Waals surface area contributed by atoms with Crippen molar-refractivity contribution in [3.63, 3.8) is 0 Å². The van der Waals surface area contributed by atoms with Gasteiger partial charge in [0.1, 0.15) is 0 Å². The predicted molar refractivity (Wildman–Crippen MR) is 68.2 cm³/mol. The van der Waals surface area contributed by atoms with Gasteiger partial charge in [-0.1, -0.05) is 13.8 Å². The Morgan fingerprint density at radius 2 is 1.94 bits per heavy atom. The van der Waals surface area contributed by atoms with Gasteiger partial charge in [0.15, 0.2) is 0 Å². The fourth-order valence-electron chi connectivity index (χ4n) is 2.56. The summed E-state index contributed by atoms with van der Waals surface area (Å²) in [7, 11) is 0. The molecule has 0 radical (unpaired) electrons. The van der Waals surface area contributed by atoms with E-state index in [2.05, 4.69) is 35.4 Å². The van der Waals surface area contributed by atoms with Crippen LogP contribution in [0.4, 0.5) is 0 Å². The molecule has 2 fully saturated rings. The third-order valence-electron chi connectivity index (χ3n) is 3.76. The van der Waals surface area contributed by atoms with Crippen molar-refractivity contribution in [1.29, 1.82) is 0 Å². The van der Waals surface area contributed by atoms with Gasteiger partial charge in [-0.25, -0.2) is 0 Å². The Balaban J connectivity index is 0.00000144. The molecule has 0 spiro atoms. The van der Waals surface area contributed by atoms with Crippen LogP contribution in [0.15, 0.2) is 0 Å². The van der Waals surface area contributed by atoms with E-state index in [0.29, 0.717) is 6.17 Å². The van der Waals surface area contributed by atoms with Gasteiger partial charge >= 0.3 is 51.4 Å². The number of hydrogen-bond acceptors (Lipinski definition) is 3. The van der Waals surface area contributed by atoms with Crippen LogP contribution in [0.25, 0.3) is 0 Å². The van der Waals surface area contributed by atoms with E-state index in [4.69, 9.17) is 0 Å². The van der Waals surface area contributed by atoms with Crippen molar-refractivity contribution in [1.82, 2.24) is 15.1 Å². The molecule has 94 valence electrons. The zero-order chi connectivity index (χ0) is 11.4. The Labute approximate surface area is 149 Å². The Hall–Kier alpha value is 1.52. The van der Waals surface area contributed by atoms with E-state index >= 15 is 0 Å². The number of piperazine rings is 1. The number of nitrogens with zero attached hydrogens (tertiary/aromatic N) is 2. The van der Waals surface area contributed by atoms with Gasteiger partial charge in [0.05, 0.1) is 0 Å². The number of hydrogen-bond donors (Lipinski definition) is 1. The van der Waals surface area contributed by atoms with E-state index in [0.717, 1.165) is 12.5 Å². The predicted octanol–water partition coefficient (Wildman–Crippen LogP) is -1.82. The quantitative estimate of drug-likeness (QED) is 0.476. The molecular formula is C13H26KN3. The summed E-state index contributed by atoms with van der Waals surface area (Å²) in [5.41, 5.74) is 0. The molecule has 2 heterocycles. The van der Waals surface area contributed by atoms with Crippen LogP contribution >= 0.6 is 0 Å². The third kappa shape index (κ3) is 5.57. The normalized spacial score (nSPS) is 27.4. The minimum atomic E-state index is 0. The number of rotatable bonds is 4. The molecular weight excluding hydrogens is 237 g/mol. The van der Waals surface area contributed by atoms with E-state index in [1.54, 1.807) is 0 Å². The minimum Gasteiger partial charge on any atom is -0.334 e. The molecule has 0 aliphatic carbocycles. The van der Waals surface area contributed by atoms with E-state index < -0.39 is 0 Å². The van der Waals surface area contributed by atoms with Crippen molar-refractivity contribution in [2.45, 2.75) is 32.9 Å². The average Bonchev–Trinajstić information content (AvgIpc) is 2.80. The summed E-state index contributed by atoms with van der Waals surface area (Å²) in [5.74, 6) is 0.837. The molecule has 0 saturated carbocycles. The molecule has 0 aromatic heterocycles. The largest absolute Gasteiger partial charge is 1.00 e. The van der Waals surface area contributed by atoms with Gasteiger partial charge in [0, 0.05) is 32.3 Å². The summed E-state index contributed by atoms with van der Waals surface area (Å²) in [5, 5.41) is 3.54. The maximum absolute atomic E-state index is 3.54. The van der Waals surface area contributed by atoms with Crippen LogP contribution in [0, 0.1) is 12.3 Å². The van der Waals surface area contributed by atoms with Crippen LogP contribution in [-0.2, 0) is 0 Å². The van der Waals surface area contributed by atoms with Crippen molar-refractivity contribution < 1.29 is 51.4 Å². The van der Waals surface area contributed by atoms with Crippen molar-refractivity contribution in [2.24, 2.45) is 5.92 Å². The molecule has 2 aliphatic heterocycles. The molecule has 0 aromatic carbocycles. The Bertz CT molecular complexity index is 197. The van der Waals surface area contributed by atoms with Crippen LogP contribution in [0.5, 0.6) is 0 Å². The monoisotopic (exact) mass is 263 g/mol. The summed E-state index contributed by atoms with van der Waals surface area (Å²) in [6.07, 6.45) is 5.56. The SMILES string of the molecule is CC(C)CCN1CCN(C2C[CH-]CN2)CC1.[K+]. The zero-order valence-corrected chi connectivity index (χ0v) is 14.9. The molecule has 4 heteroatoms. The second-order valence-electron chi connectivity index (χ2n) is 5.51. The average molecular weight is 263 g/mol. The van der Waals surface area contributed by atoms with Gasteiger partial charge in [-0.05, 0) is 18.9 Å². The zero-order valence-electron chi connectivity index (χ0n) is 11.8. The molecule has 2 rings (SSSR count). The van der Waals surface area contributed by atoms with Crippen molar-refractivity contribution in [3.8, 4) is 0 Å². The van der Waals surface area contributed by atoms with E-state index in [-0.39, 0.29) is 51.4 Å². The van der Waals surface area contributed by atoms with E-state index in [1.165, 1.54) is 45.6 Å². The second-order valence-corrected chi connectivity index (χ2v) is 5.51. The summed E-state index contributed by atoms with van der Waals surface area (Å²) in [4.78, 5) is 5.23. The summed E-state index contributed by atoms with van der Waals surface area (Å²) >= 11 is 0. The van der Waals surface area contributed by atoms with Crippen LogP contribution in [0.2, 0.25) is 0 Å². The first-order chi connectivity index (χ1) is 7.75. The maximum atomic E-state index is 3.54. The van der Waals surface area contributed by atoms with Gasteiger partial charge < -0.3 is 16.6 Å². The fourth-order valence-corrected chi connectivity index (χ4v) is 2.56. The molecule has 17 heavy (non-hydrogen) atoms.